The van der Waals surface area contributed by atoms with Crippen molar-refractivity contribution < 1.29 is 14.6 Å². The third kappa shape index (κ3) is 6.21. The Balaban J connectivity index is 1.20. The van der Waals surface area contributed by atoms with Crippen molar-refractivity contribution in [1.29, 1.82) is 0 Å². The lowest BCUT2D eigenvalue weighted by Gasteiger charge is -2.37. The van der Waals surface area contributed by atoms with Gasteiger partial charge in [0.2, 0.25) is 0 Å². The number of ether oxygens (including phenoxy) is 1. The molecule has 2 aliphatic rings. The third-order valence-corrected chi connectivity index (χ3v) is 7.86. The zero-order chi connectivity index (χ0) is 23.4. The molecule has 178 valence electrons. The van der Waals surface area contributed by atoms with E-state index in [-0.39, 0.29) is 6.10 Å². The topological polar surface area (TPSA) is 53.0 Å². The maximum Gasteiger partial charge on any atom is 0.336 e. The number of rotatable bonds is 7. The molecule has 4 rings (SSSR count). The molecule has 0 spiro atoms. The molecule has 2 aliphatic heterocycles. The van der Waals surface area contributed by atoms with Gasteiger partial charge in [-0.15, -0.1) is 0 Å². The van der Waals surface area contributed by atoms with Gasteiger partial charge in [-0.2, -0.15) is 0 Å². The van der Waals surface area contributed by atoms with Gasteiger partial charge in [0.05, 0.1) is 10.6 Å². The summed E-state index contributed by atoms with van der Waals surface area (Å²) in [6, 6.07) is 11.1. The van der Waals surface area contributed by atoms with Crippen molar-refractivity contribution in [1.82, 2.24) is 9.80 Å². The summed E-state index contributed by atoms with van der Waals surface area (Å²) in [5.41, 5.74) is 2.19. The number of benzene rings is 2. The van der Waals surface area contributed by atoms with Gasteiger partial charge in [-0.05, 0) is 80.9 Å². The van der Waals surface area contributed by atoms with Crippen LogP contribution in [0.5, 0.6) is 5.75 Å². The van der Waals surface area contributed by atoms with Crippen LogP contribution in [0.3, 0.4) is 0 Å². The fourth-order valence-corrected chi connectivity index (χ4v) is 5.33. The fraction of sp³-hybridized carbons (Fsp3) is 0.500. The number of nitrogens with zero attached hydrogens (tertiary/aromatic N) is 2. The Morgan fingerprint density at radius 1 is 1.00 bits per heavy atom. The van der Waals surface area contributed by atoms with Crippen LogP contribution in [-0.4, -0.2) is 59.7 Å². The Morgan fingerprint density at radius 2 is 1.67 bits per heavy atom. The fourth-order valence-electron chi connectivity index (χ4n) is 4.92. The second-order valence-corrected chi connectivity index (χ2v) is 10.1. The summed E-state index contributed by atoms with van der Waals surface area (Å²) in [6.45, 7) is 7.88. The minimum absolute atomic E-state index is 0.190. The zero-order valence-corrected chi connectivity index (χ0v) is 20.6. The molecule has 2 aromatic rings. The van der Waals surface area contributed by atoms with Gasteiger partial charge in [-0.3, -0.25) is 4.90 Å². The van der Waals surface area contributed by atoms with Crippen molar-refractivity contribution >= 4 is 29.2 Å². The van der Waals surface area contributed by atoms with Gasteiger partial charge in [-0.25, -0.2) is 4.79 Å². The van der Waals surface area contributed by atoms with Crippen molar-refractivity contribution in [2.45, 2.75) is 45.3 Å². The molecule has 7 heteroatoms. The molecule has 0 unspecified atom stereocenters. The third-order valence-electron chi connectivity index (χ3n) is 6.98. The van der Waals surface area contributed by atoms with Crippen LogP contribution in [0.15, 0.2) is 36.4 Å². The standard InChI is InChI=1S/C26H32Cl2N2O3/c1-18-23(27)6-7-24(25(18)28)33-21-10-14-29(15-11-21)16-19-8-12-30(13-9-19)17-20-4-2-3-5-22(20)26(31)32/h2-7,19,21H,8-17H2,1H3,(H,31,32). The number of piperidine rings is 2. The largest absolute Gasteiger partial charge is 0.489 e. The number of carboxylic acid groups (broad SMARTS) is 1. The Labute approximate surface area is 206 Å². The van der Waals surface area contributed by atoms with Gasteiger partial charge in [0, 0.05) is 31.2 Å². The highest BCUT2D eigenvalue weighted by Gasteiger charge is 2.26. The molecule has 2 fully saturated rings. The summed E-state index contributed by atoms with van der Waals surface area (Å²) in [5.74, 6) is 0.581. The second-order valence-electron chi connectivity index (χ2n) is 9.28. The van der Waals surface area contributed by atoms with E-state index in [1.165, 1.54) is 0 Å². The van der Waals surface area contributed by atoms with Gasteiger partial charge in [0.15, 0.2) is 0 Å². The van der Waals surface area contributed by atoms with Crippen LogP contribution in [0, 0.1) is 12.8 Å². The molecule has 1 N–H and O–H groups in total. The monoisotopic (exact) mass is 490 g/mol. The molecule has 0 amide bonds. The molecular weight excluding hydrogens is 459 g/mol. The highest BCUT2D eigenvalue weighted by molar-refractivity contribution is 6.36. The first-order valence-electron chi connectivity index (χ1n) is 11.8. The number of hydrogen-bond acceptors (Lipinski definition) is 4. The Morgan fingerprint density at radius 3 is 2.36 bits per heavy atom. The lowest BCUT2D eigenvalue weighted by atomic mass is 9.94. The van der Waals surface area contributed by atoms with Crippen molar-refractivity contribution in [2.75, 3.05) is 32.7 Å². The van der Waals surface area contributed by atoms with Gasteiger partial charge in [-0.1, -0.05) is 41.4 Å². The van der Waals surface area contributed by atoms with E-state index in [4.69, 9.17) is 27.9 Å². The normalized spacial score (nSPS) is 19.0. The summed E-state index contributed by atoms with van der Waals surface area (Å²) in [7, 11) is 0. The predicted molar refractivity (Wildman–Crippen MR) is 133 cm³/mol. The molecule has 2 saturated heterocycles. The van der Waals surface area contributed by atoms with E-state index >= 15 is 0 Å². The molecule has 0 atom stereocenters. The summed E-state index contributed by atoms with van der Waals surface area (Å²) in [5, 5.41) is 10.7. The Hall–Kier alpha value is -1.79. The first kappa shape index (κ1) is 24.3. The summed E-state index contributed by atoms with van der Waals surface area (Å²) in [4.78, 5) is 16.4. The van der Waals surface area contributed by atoms with E-state index in [0.29, 0.717) is 28.1 Å². The summed E-state index contributed by atoms with van der Waals surface area (Å²) < 4.78 is 6.19. The molecule has 0 saturated carbocycles. The number of halogens is 2. The van der Waals surface area contributed by atoms with Crippen molar-refractivity contribution in [3.05, 3.63) is 63.1 Å². The summed E-state index contributed by atoms with van der Waals surface area (Å²) >= 11 is 12.5. The second kappa shape index (κ2) is 11.1. The minimum atomic E-state index is -0.846. The van der Waals surface area contributed by atoms with Crippen LogP contribution in [0.1, 0.15) is 47.2 Å². The number of aromatic carboxylic acids is 1. The maximum atomic E-state index is 11.5. The maximum absolute atomic E-state index is 11.5. The molecule has 0 bridgehead atoms. The number of likely N-dealkylation sites (tertiary alicyclic amines) is 2. The van der Waals surface area contributed by atoms with E-state index in [2.05, 4.69) is 9.80 Å². The van der Waals surface area contributed by atoms with Gasteiger partial charge in [0.1, 0.15) is 11.9 Å². The number of carboxylic acids is 1. The Bertz CT molecular complexity index is 968. The molecule has 2 heterocycles. The molecule has 2 aromatic carbocycles. The van der Waals surface area contributed by atoms with Crippen molar-refractivity contribution in [3.8, 4) is 5.75 Å². The van der Waals surface area contributed by atoms with Crippen LogP contribution in [0.4, 0.5) is 0 Å². The molecular formula is C26H32Cl2N2O3. The van der Waals surface area contributed by atoms with Crippen molar-refractivity contribution in [3.63, 3.8) is 0 Å². The SMILES string of the molecule is Cc1c(Cl)ccc(OC2CCN(CC3CCN(Cc4ccccc4C(=O)O)CC3)CC2)c1Cl. The van der Waals surface area contributed by atoms with Gasteiger partial charge in [0.25, 0.3) is 0 Å². The smallest absolute Gasteiger partial charge is 0.336 e. The lowest BCUT2D eigenvalue weighted by molar-refractivity contribution is 0.0691. The van der Waals surface area contributed by atoms with E-state index in [1.807, 2.05) is 31.2 Å². The predicted octanol–water partition coefficient (Wildman–Crippen LogP) is 5.76. The van der Waals surface area contributed by atoms with E-state index in [1.54, 1.807) is 12.1 Å². The van der Waals surface area contributed by atoms with Crippen LogP contribution < -0.4 is 4.74 Å². The molecule has 0 aromatic heterocycles. The van der Waals surface area contributed by atoms with Gasteiger partial charge < -0.3 is 14.7 Å². The average Bonchev–Trinajstić information content (AvgIpc) is 2.82. The highest BCUT2D eigenvalue weighted by Crippen LogP contribution is 2.34. The van der Waals surface area contributed by atoms with Crippen LogP contribution in [0.25, 0.3) is 0 Å². The molecule has 5 nitrogen and oxygen atoms in total. The quantitative estimate of drug-likeness (QED) is 0.534. The number of hydrogen-bond donors (Lipinski definition) is 1. The zero-order valence-electron chi connectivity index (χ0n) is 19.1. The average molecular weight is 491 g/mol. The first-order chi connectivity index (χ1) is 15.9. The Kier molecular flexibility index (Phi) is 8.18. The molecule has 0 aliphatic carbocycles. The van der Waals surface area contributed by atoms with Crippen LogP contribution in [-0.2, 0) is 6.54 Å². The van der Waals surface area contributed by atoms with Gasteiger partial charge >= 0.3 is 5.97 Å². The minimum Gasteiger partial charge on any atom is -0.489 e. The summed E-state index contributed by atoms with van der Waals surface area (Å²) in [6.07, 6.45) is 4.51. The first-order valence-corrected chi connectivity index (χ1v) is 12.5. The van der Waals surface area contributed by atoms with E-state index < -0.39 is 5.97 Å². The lowest BCUT2D eigenvalue weighted by Crippen LogP contribution is -2.43. The van der Waals surface area contributed by atoms with E-state index in [9.17, 15) is 9.90 Å². The number of carbonyl (C=O) groups is 1. The van der Waals surface area contributed by atoms with Crippen LogP contribution in [0.2, 0.25) is 10.0 Å². The van der Waals surface area contributed by atoms with E-state index in [0.717, 1.165) is 75.3 Å². The molecule has 33 heavy (non-hydrogen) atoms. The van der Waals surface area contributed by atoms with Crippen LogP contribution >= 0.6 is 23.2 Å². The highest BCUT2D eigenvalue weighted by atomic mass is 35.5. The van der Waals surface area contributed by atoms with Crippen molar-refractivity contribution in [2.24, 2.45) is 5.92 Å². The molecule has 0 radical (unpaired) electrons.